The molecule has 0 saturated carbocycles. The lowest BCUT2D eigenvalue weighted by Gasteiger charge is -2.24. The Morgan fingerprint density at radius 3 is 2.37 bits per heavy atom. The highest BCUT2D eigenvalue weighted by atomic mass is 35.5. The average Bonchev–Trinajstić information content (AvgIpc) is 2.43. The van der Waals surface area contributed by atoms with E-state index >= 15 is 0 Å². The second-order valence-corrected chi connectivity index (χ2v) is 5.08. The molecule has 2 aromatic rings. The molecule has 0 spiro atoms. The third-order valence-electron chi connectivity index (χ3n) is 3.55. The summed E-state index contributed by atoms with van der Waals surface area (Å²) in [7, 11) is 0. The first-order chi connectivity index (χ1) is 9.15. The molecular formula is C16H17ClFN. The van der Waals surface area contributed by atoms with Crippen molar-refractivity contribution < 1.29 is 4.39 Å². The number of rotatable bonds is 4. The van der Waals surface area contributed by atoms with Crippen molar-refractivity contribution in [3.8, 4) is 0 Å². The summed E-state index contributed by atoms with van der Waals surface area (Å²) in [6.45, 7) is 2.41. The molecule has 2 rings (SSSR count). The fraction of sp³-hybridized carbons (Fsp3) is 0.250. The molecule has 1 nitrogen and oxygen atoms in total. The van der Waals surface area contributed by atoms with Crippen molar-refractivity contribution in [2.75, 3.05) is 6.54 Å². The zero-order valence-corrected chi connectivity index (χ0v) is 11.6. The van der Waals surface area contributed by atoms with Gasteiger partial charge in [0.15, 0.2) is 0 Å². The fourth-order valence-corrected chi connectivity index (χ4v) is 2.73. The van der Waals surface area contributed by atoms with E-state index in [1.54, 1.807) is 12.1 Å². The van der Waals surface area contributed by atoms with E-state index in [1.807, 2.05) is 30.3 Å². The molecule has 0 heterocycles. The molecule has 0 saturated heterocycles. The maximum atomic E-state index is 14.0. The minimum atomic E-state index is -0.286. The van der Waals surface area contributed by atoms with Crippen LogP contribution in [0.4, 0.5) is 4.39 Å². The zero-order chi connectivity index (χ0) is 13.8. The third-order valence-corrected chi connectivity index (χ3v) is 3.88. The van der Waals surface area contributed by atoms with Crippen LogP contribution < -0.4 is 5.73 Å². The molecule has 100 valence electrons. The van der Waals surface area contributed by atoms with Crippen molar-refractivity contribution in [1.82, 2.24) is 0 Å². The van der Waals surface area contributed by atoms with Crippen LogP contribution in [0.25, 0.3) is 0 Å². The summed E-state index contributed by atoms with van der Waals surface area (Å²) in [6, 6.07) is 14.7. The number of hydrogen-bond donors (Lipinski definition) is 1. The van der Waals surface area contributed by atoms with Gasteiger partial charge in [-0.3, -0.25) is 0 Å². The van der Waals surface area contributed by atoms with Crippen LogP contribution >= 0.6 is 11.6 Å². The Bertz CT molecular complexity index is 521. The first kappa shape index (κ1) is 14.0. The van der Waals surface area contributed by atoms with Gasteiger partial charge in [0.1, 0.15) is 5.82 Å². The molecule has 0 aliphatic heterocycles. The van der Waals surface area contributed by atoms with E-state index in [1.165, 1.54) is 6.07 Å². The second-order valence-electron chi connectivity index (χ2n) is 4.68. The smallest absolute Gasteiger partial charge is 0.128 e. The van der Waals surface area contributed by atoms with Crippen LogP contribution in [0.1, 0.15) is 29.9 Å². The van der Waals surface area contributed by atoms with E-state index in [-0.39, 0.29) is 17.7 Å². The largest absolute Gasteiger partial charge is 0.330 e. The molecule has 3 heteroatoms. The zero-order valence-electron chi connectivity index (χ0n) is 10.8. The maximum Gasteiger partial charge on any atom is 0.128 e. The van der Waals surface area contributed by atoms with Gasteiger partial charge in [-0.25, -0.2) is 4.39 Å². The highest BCUT2D eigenvalue weighted by molar-refractivity contribution is 6.31. The summed E-state index contributed by atoms with van der Waals surface area (Å²) in [4.78, 5) is 0. The van der Waals surface area contributed by atoms with Crippen LogP contribution in [-0.4, -0.2) is 6.54 Å². The molecule has 19 heavy (non-hydrogen) atoms. The Balaban J connectivity index is 2.40. The van der Waals surface area contributed by atoms with E-state index < -0.39 is 0 Å². The first-order valence-electron chi connectivity index (χ1n) is 6.34. The average molecular weight is 278 g/mol. The van der Waals surface area contributed by atoms with Crippen molar-refractivity contribution in [1.29, 1.82) is 0 Å². The van der Waals surface area contributed by atoms with Crippen molar-refractivity contribution in [3.05, 3.63) is 70.5 Å². The molecule has 2 aromatic carbocycles. The Kier molecular flexibility index (Phi) is 4.56. The third kappa shape index (κ3) is 2.96. The molecule has 0 fully saturated rings. The number of halogens is 2. The maximum absolute atomic E-state index is 14.0. The van der Waals surface area contributed by atoms with Crippen LogP contribution in [0, 0.1) is 5.82 Å². The highest BCUT2D eigenvalue weighted by Crippen LogP contribution is 2.36. The summed E-state index contributed by atoms with van der Waals surface area (Å²) in [5.41, 5.74) is 7.51. The van der Waals surface area contributed by atoms with Gasteiger partial charge in [-0.05, 0) is 30.2 Å². The van der Waals surface area contributed by atoms with Crippen molar-refractivity contribution in [3.63, 3.8) is 0 Å². The quantitative estimate of drug-likeness (QED) is 0.885. The van der Waals surface area contributed by atoms with Gasteiger partial charge in [0.2, 0.25) is 0 Å². The van der Waals surface area contributed by atoms with Crippen molar-refractivity contribution in [2.45, 2.75) is 18.8 Å². The van der Waals surface area contributed by atoms with E-state index in [0.717, 1.165) is 5.56 Å². The second kappa shape index (κ2) is 6.18. The van der Waals surface area contributed by atoms with E-state index in [4.69, 9.17) is 17.3 Å². The molecule has 0 aliphatic rings. The van der Waals surface area contributed by atoms with Crippen molar-refractivity contribution >= 4 is 11.6 Å². The Hall–Kier alpha value is -1.38. The van der Waals surface area contributed by atoms with Gasteiger partial charge < -0.3 is 5.73 Å². The molecular weight excluding hydrogens is 261 g/mol. The molecule has 0 aliphatic carbocycles. The summed E-state index contributed by atoms with van der Waals surface area (Å²) in [6.07, 6.45) is 0. The molecule has 2 atom stereocenters. The first-order valence-corrected chi connectivity index (χ1v) is 6.72. The topological polar surface area (TPSA) is 26.0 Å². The van der Waals surface area contributed by atoms with Gasteiger partial charge in [0.25, 0.3) is 0 Å². The van der Waals surface area contributed by atoms with Gasteiger partial charge in [0.05, 0.1) is 0 Å². The van der Waals surface area contributed by atoms with Gasteiger partial charge in [-0.1, -0.05) is 54.9 Å². The molecule has 2 N–H and O–H groups in total. The number of nitrogens with two attached hydrogens (primary N) is 1. The number of benzene rings is 2. The summed E-state index contributed by atoms with van der Waals surface area (Å²) < 4.78 is 14.0. The lowest BCUT2D eigenvalue weighted by molar-refractivity contribution is 0.533. The Labute approximate surface area is 118 Å². The molecule has 0 amide bonds. The Morgan fingerprint density at radius 1 is 1.11 bits per heavy atom. The predicted molar refractivity (Wildman–Crippen MR) is 78.1 cm³/mol. The van der Waals surface area contributed by atoms with Crippen LogP contribution in [0.5, 0.6) is 0 Å². The van der Waals surface area contributed by atoms with Gasteiger partial charge in [-0.15, -0.1) is 0 Å². The minimum Gasteiger partial charge on any atom is -0.330 e. The van der Waals surface area contributed by atoms with Crippen LogP contribution in [0.15, 0.2) is 48.5 Å². The van der Waals surface area contributed by atoms with E-state index in [0.29, 0.717) is 17.1 Å². The minimum absolute atomic E-state index is 0.112. The monoisotopic (exact) mass is 277 g/mol. The van der Waals surface area contributed by atoms with Crippen molar-refractivity contribution in [2.24, 2.45) is 5.73 Å². The standard InChI is InChI=1S/C16H17ClFN/c1-11(12-6-3-2-4-7-12)13(10-19)16-14(17)8-5-9-15(16)18/h2-9,11,13H,10,19H2,1H3. The van der Waals surface area contributed by atoms with E-state index in [9.17, 15) is 4.39 Å². The summed E-state index contributed by atoms with van der Waals surface area (Å²) in [5.74, 6) is -0.303. The lowest BCUT2D eigenvalue weighted by atomic mass is 9.82. The lowest BCUT2D eigenvalue weighted by Crippen LogP contribution is -2.20. The van der Waals surface area contributed by atoms with Crippen LogP contribution in [0.3, 0.4) is 0 Å². The molecule has 0 radical (unpaired) electrons. The van der Waals surface area contributed by atoms with Gasteiger partial charge in [-0.2, -0.15) is 0 Å². The normalized spacial score (nSPS) is 14.1. The summed E-state index contributed by atoms with van der Waals surface area (Å²) >= 11 is 6.14. The van der Waals surface area contributed by atoms with Gasteiger partial charge >= 0.3 is 0 Å². The van der Waals surface area contributed by atoms with Crippen LogP contribution in [0.2, 0.25) is 5.02 Å². The Morgan fingerprint density at radius 2 is 1.79 bits per heavy atom. The summed E-state index contributed by atoms with van der Waals surface area (Å²) in [5, 5.41) is 0.443. The molecule has 0 bridgehead atoms. The number of hydrogen-bond acceptors (Lipinski definition) is 1. The van der Waals surface area contributed by atoms with E-state index in [2.05, 4.69) is 6.92 Å². The van der Waals surface area contributed by atoms with Crippen LogP contribution in [-0.2, 0) is 0 Å². The highest BCUT2D eigenvalue weighted by Gasteiger charge is 2.24. The molecule has 2 unspecified atom stereocenters. The predicted octanol–water partition coefficient (Wildman–Crippen LogP) is 4.33. The molecule has 0 aromatic heterocycles. The fourth-order valence-electron chi connectivity index (χ4n) is 2.43. The van der Waals surface area contributed by atoms with Gasteiger partial charge in [0, 0.05) is 16.5 Å². The SMILES string of the molecule is CC(c1ccccc1)C(CN)c1c(F)cccc1Cl.